The van der Waals surface area contributed by atoms with Gasteiger partial charge in [-0.3, -0.25) is 9.89 Å². The van der Waals surface area contributed by atoms with Gasteiger partial charge in [-0.15, -0.1) is 0 Å². The molecule has 0 aromatic carbocycles. The van der Waals surface area contributed by atoms with Crippen LogP contribution < -0.4 is 10.6 Å². The fraction of sp³-hybridized carbons (Fsp3) is 0.941. The van der Waals surface area contributed by atoms with Crippen LogP contribution in [0.15, 0.2) is 4.99 Å². The Morgan fingerprint density at radius 2 is 2.09 bits per heavy atom. The highest BCUT2D eigenvalue weighted by atomic mass is 16.5. The lowest BCUT2D eigenvalue weighted by Gasteiger charge is -2.37. The fourth-order valence-corrected chi connectivity index (χ4v) is 2.82. The second kappa shape index (κ2) is 11.7. The molecule has 0 amide bonds. The molecule has 2 atom stereocenters. The number of guanidine groups is 1. The van der Waals surface area contributed by atoms with Gasteiger partial charge < -0.3 is 15.4 Å². The Kier molecular flexibility index (Phi) is 10.2. The van der Waals surface area contributed by atoms with Crippen LogP contribution in [0, 0.1) is 0 Å². The van der Waals surface area contributed by atoms with E-state index in [9.17, 15) is 0 Å². The minimum Gasteiger partial charge on any atom is -0.379 e. The molecule has 2 N–H and O–H groups in total. The van der Waals surface area contributed by atoms with Crippen LogP contribution in [-0.2, 0) is 4.74 Å². The number of morpholine rings is 1. The summed E-state index contributed by atoms with van der Waals surface area (Å²) in [5.41, 5.74) is 0. The predicted octanol–water partition coefficient (Wildman–Crippen LogP) is 2.23. The van der Waals surface area contributed by atoms with Crippen LogP contribution in [-0.4, -0.2) is 62.3 Å². The first-order valence-corrected chi connectivity index (χ1v) is 9.04. The van der Waals surface area contributed by atoms with Gasteiger partial charge in [0.05, 0.1) is 19.8 Å². The summed E-state index contributed by atoms with van der Waals surface area (Å²) in [6.45, 7) is 14.3. The minimum absolute atomic E-state index is 0.453. The topological polar surface area (TPSA) is 48.9 Å². The Labute approximate surface area is 136 Å². The van der Waals surface area contributed by atoms with Gasteiger partial charge in [0.15, 0.2) is 5.96 Å². The molecule has 22 heavy (non-hydrogen) atoms. The average molecular weight is 313 g/mol. The third-order valence-electron chi connectivity index (χ3n) is 4.17. The van der Waals surface area contributed by atoms with Crippen molar-refractivity contribution in [2.45, 2.75) is 65.5 Å². The van der Waals surface area contributed by atoms with Gasteiger partial charge in [-0.1, -0.05) is 26.2 Å². The number of nitrogens with zero attached hydrogens (tertiary/aromatic N) is 2. The van der Waals surface area contributed by atoms with Gasteiger partial charge in [0.25, 0.3) is 0 Å². The van der Waals surface area contributed by atoms with Crippen LogP contribution >= 0.6 is 0 Å². The van der Waals surface area contributed by atoms with Gasteiger partial charge in [0.1, 0.15) is 0 Å². The minimum atomic E-state index is 0.453. The molecular weight excluding hydrogens is 276 g/mol. The molecule has 1 saturated heterocycles. The van der Waals surface area contributed by atoms with E-state index >= 15 is 0 Å². The van der Waals surface area contributed by atoms with Crippen LogP contribution in [0.1, 0.15) is 53.4 Å². The van der Waals surface area contributed by atoms with Crippen molar-refractivity contribution in [3.63, 3.8) is 0 Å². The SMILES string of the molecule is CCCCCCNC(=NCC(C)N1CCOCC1C)NCC. The summed E-state index contributed by atoms with van der Waals surface area (Å²) in [6, 6.07) is 0.943. The van der Waals surface area contributed by atoms with Gasteiger partial charge in [-0.2, -0.15) is 0 Å². The van der Waals surface area contributed by atoms with Crippen LogP contribution in [0.25, 0.3) is 0 Å². The van der Waals surface area contributed by atoms with Gasteiger partial charge in [0, 0.05) is 31.7 Å². The molecular formula is C17H36N4O. The number of rotatable bonds is 9. The first kappa shape index (κ1) is 19.2. The largest absolute Gasteiger partial charge is 0.379 e. The van der Waals surface area contributed by atoms with Crippen molar-refractivity contribution in [3.05, 3.63) is 0 Å². The van der Waals surface area contributed by atoms with E-state index in [2.05, 4.69) is 43.2 Å². The first-order chi connectivity index (χ1) is 10.7. The summed E-state index contributed by atoms with van der Waals surface area (Å²) in [5.74, 6) is 0.951. The highest BCUT2D eigenvalue weighted by molar-refractivity contribution is 5.79. The fourth-order valence-electron chi connectivity index (χ4n) is 2.82. The molecule has 0 radical (unpaired) electrons. The van der Waals surface area contributed by atoms with Crippen LogP contribution in [0.3, 0.4) is 0 Å². The molecule has 5 heteroatoms. The Balaban J connectivity index is 2.36. The summed E-state index contributed by atoms with van der Waals surface area (Å²) in [7, 11) is 0. The number of ether oxygens (including phenoxy) is 1. The van der Waals surface area contributed by atoms with Crippen molar-refractivity contribution in [2.24, 2.45) is 4.99 Å². The summed E-state index contributed by atoms with van der Waals surface area (Å²) in [5, 5.41) is 6.78. The second-order valence-corrected chi connectivity index (χ2v) is 6.22. The van der Waals surface area contributed by atoms with Gasteiger partial charge in [-0.05, 0) is 27.2 Å². The first-order valence-electron chi connectivity index (χ1n) is 9.04. The normalized spacial score (nSPS) is 21.6. The Hall–Kier alpha value is -0.810. The Morgan fingerprint density at radius 3 is 2.77 bits per heavy atom. The van der Waals surface area contributed by atoms with E-state index in [0.29, 0.717) is 12.1 Å². The van der Waals surface area contributed by atoms with Crippen molar-refractivity contribution < 1.29 is 4.74 Å². The van der Waals surface area contributed by atoms with Crippen molar-refractivity contribution in [2.75, 3.05) is 39.4 Å². The molecule has 0 saturated carbocycles. The molecule has 1 heterocycles. The highest BCUT2D eigenvalue weighted by Crippen LogP contribution is 2.10. The van der Waals surface area contributed by atoms with E-state index in [-0.39, 0.29) is 0 Å². The Bertz CT molecular complexity index is 309. The van der Waals surface area contributed by atoms with E-state index in [0.717, 1.165) is 45.4 Å². The summed E-state index contributed by atoms with van der Waals surface area (Å²) >= 11 is 0. The zero-order valence-corrected chi connectivity index (χ0v) is 15.0. The molecule has 2 unspecified atom stereocenters. The molecule has 1 rings (SSSR count). The quantitative estimate of drug-likeness (QED) is 0.389. The van der Waals surface area contributed by atoms with Crippen molar-refractivity contribution in [1.82, 2.24) is 15.5 Å². The van der Waals surface area contributed by atoms with E-state index in [1.165, 1.54) is 25.7 Å². The average Bonchev–Trinajstić information content (AvgIpc) is 2.52. The molecule has 1 aliphatic heterocycles. The summed E-state index contributed by atoms with van der Waals surface area (Å²) < 4.78 is 5.51. The molecule has 1 fully saturated rings. The zero-order valence-electron chi connectivity index (χ0n) is 15.0. The lowest BCUT2D eigenvalue weighted by atomic mass is 10.2. The number of aliphatic imine (C=N–C) groups is 1. The molecule has 5 nitrogen and oxygen atoms in total. The maximum atomic E-state index is 5.51. The zero-order chi connectivity index (χ0) is 16.2. The van der Waals surface area contributed by atoms with Crippen molar-refractivity contribution in [1.29, 1.82) is 0 Å². The van der Waals surface area contributed by atoms with E-state index in [1.54, 1.807) is 0 Å². The summed E-state index contributed by atoms with van der Waals surface area (Å²) in [6.07, 6.45) is 5.11. The molecule has 130 valence electrons. The Morgan fingerprint density at radius 1 is 1.27 bits per heavy atom. The lowest BCUT2D eigenvalue weighted by molar-refractivity contribution is -0.0165. The number of hydrogen-bond acceptors (Lipinski definition) is 3. The standard InChI is InChI=1S/C17H36N4O/c1-5-7-8-9-10-19-17(18-6-2)20-13-15(3)21-11-12-22-14-16(21)4/h15-16H,5-14H2,1-4H3,(H2,18,19,20). The molecule has 0 aromatic heterocycles. The molecule has 0 aromatic rings. The smallest absolute Gasteiger partial charge is 0.191 e. The number of unbranched alkanes of at least 4 members (excludes halogenated alkanes) is 3. The third kappa shape index (κ3) is 7.45. The van der Waals surface area contributed by atoms with Gasteiger partial charge in [0.2, 0.25) is 0 Å². The molecule has 0 spiro atoms. The van der Waals surface area contributed by atoms with E-state index in [1.807, 2.05) is 0 Å². The summed E-state index contributed by atoms with van der Waals surface area (Å²) in [4.78, 5) is 7.25. The lowest BCUT2D eigenvalue weighted by Crippen LogP contribution is -2.49. The number of hydrogen-bond donors (Lipinski definition) is 2. The number of nitrogens with one attached hydrogen (secondary N) is 2. The van der Waals surface area contributed by atoms with Crippen molar-refractivity contribution in [3.8, 4) is 0 Å². The highest BCUT2D eigenvalue weighted by Gasteiger charge is 2.23. The van der Waals surface area contributed by atoms with Gasteiger partial charge >= 0.3 is 0 Å². The molecule has 0 aliphatic carbocycles. The monoisotopic (exact) mass is 312 g/mol. The van der Waals surface area contributed by atoms with E-state index in [4.69, 9.17) is 9.73 Å². The maximum Gasteiger partial charge on any atom is 0.191 e. The van der Waals surface area contributed by atoms with E-state index < -0.39 is 0 Å². The second-order valence-electron chi connectivity index (χ2n) is 6.22. The van der Waals surface area contributed by atoms with Crippen molar-refractivity contribution >= 4 is 5.96 Å². The predicted molar refractivity (Wildman–Crippen MR) is 94.6 cm³/mol. The van der Waals surface area contributed by atoms with Crippen LogP contribution in [0.5, 0.6) is 0 Å². The van der Waals surface area contributed by atoms with Gasteiger partial charge in [-0.25, -0.2) is 0 Å². The molecule has 0 bridgehead atoms. The van der Waals surface area contributed by atoms with Crippen LogP contribution in [0.4, 0.5) is 0 Å². The maximum absolute atomic E-state index is 5.51. The molecule has 1 aliphatic rings. The van der Waals surface area contributed by atoms with Crippen LogP contribution in [0.2, 0.25) is 0 Å². The third-order valence-corrected chi connectivity index (χ3v) is 4.17.